The van der Waals surface area contributed by atoms with Gasteiger partial charge in [-0.25, -0.2) is 4.39 Å². The fraction of sp³-hybridized carbons (Fsp3) is 0.389. The third kappa shape index (κ3) is 4.26. The number of rotatable bonds is 5. The number of hydrogen-bond acceptors (Lipinski definition) is 5. The molecule has 2 aromatic rings. The molecule has 7 nitrogen and oxygen atoms in total. The summed E-state index contributed by atoms with van der Waals surface area (Å²) in [6.45, 7) is 5.40. The van der Waals surface area contributed by atoms with E-state index in [0.29, 0.717) is 50.7 Å². The van der Waals surface area contributed by atoms with Crippen LogP contribution in [0, 0.1) is 12.7 Å². The number of nitrogens with zero attached hydrogens (tertiary/aromatic N) is 3. The SMILES string of the molecule is Cc1cc(C(=O)N2CCN(CCNC(=O)c3ccccc3F)CC2)no1. The van der Waals surface area contributed by atoms with E-state index in [4.69, 9.17) is 4.52 Å². The van der Waals surface area contributed by atoms with Gasteiger partial charge in [0.05, 0.1) is 5.56 Å². The van der Waals surface area contributed by atoms with E-state index < -0.39 is 11.7 Å². The molecule has 0 aliphatic carbocycles. The number of piperazine rings is 1. The zero-order chi connectivity index (χ0) is 18.5. The molecule has 2 amide bonds. The summed E-state index contributed by atoms with van der Waals surface area (Å²) in [6, 6.07) is 7.53. The van der Waals surface area contributed by atoms with Crippen molar-refractivity contribution in [2.24, 2.45) is 0 Å². The molecule has 0 saturated carbocycles. The van der Waals surface area contributed by atoms with Crippen molar-refractivity contribution in [1.82, 2.24) is 20.3 Å². The van der Waals surface area contributed by atoms with Gasteiger partial charge in [0.1, 0.15) is 11.6 Å². The van der Waals surface area contributed by atoms with Crippen LogP contribution in [0.4, 0.5) is 4.39 Å². The molecule has 0 unspecified atom stereocenters. The second kappa shape index (κ2) is 8.09. The van der Waals surface area contributed by atoms with E-state index >= 15 is 0 Å². The van der Waals surface area contributed by atoms with Gasteiger partial charge in [-0.2, -0.15) is 0 Å². The number of carbonyl (C=O) groups excluding carboxylic acids is 2. The molecule has 1 aromatic heterocycles. The summed E-state index contributed by atoms with van der Waals surface area (Å²) in [6.07, 6.45) is 0. The van der Waals surface area contributed by atoms with Crippen LogP contribution < -0.4 is 5.32 Å². The van der Waals surface area contributed by atoms with E-state index in [2.05, 4.69) is 15.4 Å². The molecule has 0 spiro atoms. The topological polar surface area (TPSA) is 78.7 Å². The molecule has 1 aliphatic heterocycles. The number of carbonyl (C=O) groups is 2. The van der Waals surface area contributed by atoms with Crippen molar-refractivity contribution in [3.05, 3.63) is 53.2 Å². The summed E-state index contributed by atoms with van der Waals surface area (Å²) in [4.78, 5) is 28.2. The maximum atomic E-state index is 13.6. The van der Waals surface area contributed by atoms with Crippen molar-refractivity contribution >= 4 is 11.8 Å². The lowest BCUT2D eigenvalue weighted by Gasteiger charge is -2.34. The van der Waals surface area contributed by atoms with E-state index in [0.717, 1.165) is 0 Å². The molecule has 1 aromatic carbocycles. The Morgan fingerprint density at radius 1 is 1.23 bits per heavy atom. The largest absolute Gasteiger partial charge is 0.361 e. The third-order valence-corrected chi connectivity index (χ3v) is 4.34. The zero-order valence-electron chi connectivity index (χ0n) is 14.6. The Morgan fingerprint density at radius 2 is 1.96 bits per heavy atom. The van der Waals surface area contributed by atoms with E-state index in [-0.39, 0.29) is 11.5 Å². The second-order valence-corrected chi connectivity index (χ2v) is 6.19. The first-order valence-electron chi connectivity index (χ1n) is 8.52. The molecule has 0 atom stereocenters. The fourth-order valence-electron chi connectivity index (χ4n) is 2.87. The quantitative estimate of drug-likeness (QED) is 0.870. The highest BCUT2D eigenvalue weighted by atomic mass is 19.1. The second-order valence-electron chi connectivity index (χ2n) is 6.19. The summed E-state index contributed by atoms with van der Waals surface area (Å²) in [5.74, 6) is -0.467. The van der Waals surface area contributed by atoms with Gasteiger partial charge in [0.15, 0.2) is 5.69 Å². The summed E-state index contributed by atoms with van der Waals surface area (Å²) in [7, 11) is 0. The van der Waals surface area contributed by atoms with Gasteiger partial charge in [-0.1, -0.05) is 17.3 Å². The Morgan fingerprint density at radius 3 is 2.62 bits per heavy atom. The number of nitrogens with one attached hydrogen (secondary N) is 1. The summed E-state index contributed by atoms with van der Waals surface area (Å²) in [5, 5.41) is 6.48. The highest BCUT2D eigenvalue weighted by Crippen LogP contribution is 2.09. The molecular formula is C18H21FN4O3. The standard InChI is InChI=1S/C18H21FN4O3/c1-13-12-16(21-26-13)18(25)23-10-8-22(9-11-23)7-6-20-17(24)14-4-2-3-5-15(14)19/h2-5,12H,6-11H2,1H3,(H,20,24). The van der Waals surface area contributed by atoms with Gasteiger partial charge >= 0.3 is 0 Å². The van der Waals surface area contributed by atoms with Crippen LogP contribution in [0.2, 0.25) is 0 Å². The molecule has 1 fully saturated rings. The molecule has 3 rings (SSSR count). The van der Waals surface area contributed by atoms with Crippen molar-refractivity contribution < 1.29 is 18.5 Å². The summed E-state index contributed by atoms with van der Waals surface area (Å²) in [5.41, 5.74) is 0.374. The van der Waals surface area contributed by atoms with Crippen molar-refractivity contribution in [3.63, 3.8) is 0 Å². The molecule has 8 heteroatoms. The Hall–Kier alpha value is -2.74. The number of halogens is 1. The normalized spacial score (nSPS) is 15.1. The van der Waals surface area contributed by atoms with Crippen molar-refractivity contribution in [2.75, 3.05) is 39.3 Å². The van der Waals surface area contributed by atoms with Crippen molar-refractivity contribution in [1.29, 1.82) is 0 Å². The number of benzene rings is 1. The van der Waals surface area contributed by atoms with Crippen LogP contribution in [0.1, 0.15) is 26.6 Å². The van der Waals surface area contributed by atoms with Crippen molar-refractivity contribution in [2.45, 2.75) is 6.92 Å². The minimum Gasteiger partial charge on any atom is -0.361 e. The van der Waals surface area contributed by atoms with Crippen LogP contribution in [0.3, 0.4) is 0 Å². The van der Waals surface area contributed by atoms with Crippen LogP contribution in [-0.4, -0.2) is 66.0 Å². The zero-order valence-corrected chi connectivity index (χ0v) is 14.6. The van der Waals surface area contributed by atoms with E-state index in [1.807, 2.05) is 0 Å². The molecule has 1 saturated heterocycles. The van der Waals surface area contributed by atoms with Gasteiger partial charge in [0.2, 0.25) is 0 Å². The maximum Gasteiger partial charge on any atom is 0.276 e. The summed E-state index contributed by atoms with van der Waals surface area (Å²) >= 11 is 0. The van der Waals surface area contributed by atoms with Gasteiger partial charge in [-0.05, 0) is 19.1 Å². The Balaban J connectivity index is 1.41. The maximum absolute atomic E-state index is 13.6. The van der Waals surface area contributed by atoms with Crippen LogP contribution in [0.25, 0.3) is 0 Å². The lowest BCUT2D eigenvalue weighted by molar-refractivity contribution is 0.0628. The van der Waals surface area contributed by atoms with Crippen LogP contribution >= 0.6 is 0 Å². The highest BCUT2D eigenvalue weighted by molar-refractivity contribution is 5.94. The fourth-order valence-corrected chi connectivity index (χ4v) is 2.87. The van der Waals surface area contributed by atoms with Gasteiger partial charge in [-0.15, -0.1) is 0 Å². The number of amides is 2. The average Bonchev–Trinajstić information content (AvgIpc) is 3.08. The predicted octanol–water partition coefficient (Wildman–Crippen LogP) is 1.31. The Labute approximate surface area is 150 Å². The number of aryl methyl sites for hydroxylation is 1. The first kappa shape index (κ1) is 18.1. The van der Waals surface area contributed by atoms with Gasteiger partial charge in [0.25, 0.3) is 11.8 Å². The van der Waals surface area contributed by atoms with Crippen LogP contribution in [0.5, 0.6) is 0 Å². The first-order chi connectivity index (χ1) is 12.5. The lowest BCUT2D eigenvalue weighted by Crippen LogP contribution is -2.50. The molecule has 26 heavy (non-hydrogen) atoms. The van der Waals surface area contributed by atoms with Crippen LogP contribution in [-0.2, 0) is 0 Å². The van der Waals surface area contributed by atoms with Crippen molar-refractivity contribution in [3.8, 4) is 0 Å². The molecule has 2 heterocycles. The molecule has 138 valence electrons. The Kier molecular flexibility index (Phi) is 5.62. The monoisotopic (exact) mass is 360 g/mol. The minimum absolute atomic E-state index is 0.0471. The van der Waals surface area contributed by atoms with Gasteiger partial charge in [-0.3, -0.25) is 14.5 Å². The van der Waals surface area contributed by atoms with E-state index in [1.165, 1.54) is 12.1 Å². The number of aromatic nitrogens is 1. The van der Waals surface area contributed by atoms with Crippen LogP contribution in [0.15, 0.2) is 34.9 Å². The summed E-state index contributed by atoms with van der Waals surface area (Å²) < 4.78 is 18.5. The predicted molar refractivity (Wildman–Crippen MR) is 92.3 cm³/mol. The molecule has 1 N–H and O–H groups in total. The van der Waals surface area contributed by atoms with E-state index in [1.54, 1.807) is 30.0 Å². The number of hydrogen-bond donors (Lipinski definition) is 1. The lowest BCUT2D eigenvalue weighted by atomic mass is 10.2. The highest BCUT2D eigenvalue weighted by Gasteiger charge is 2.24. The first-order valence-corrected chi connectivity index (χ1v) is 8.52. The smallest absolute Gasteiger partial charge is 0.276 e. The molecule has 0 bridgehead atoms. The van der Waals surface area contributed by atoms with Gasteiger partial charge < -0.3 is 14.7 Å². The van der Waals surface area contributed by atoms with Gasteiger partial charge in [0, 0.05) is 45.3 Å². The average molecular weight is 360 g/mol. The minimum atomic E-state index is -0.528. The molecular weight excluding hydrogens is 339 g/mol. The molecule has 0 radical (unpaired) electrons. The Bertz CT molecular complexity index is 784. The van der Waals surface area contributed by atoms with E-state index in [9.17, 15) is 14.0 Å². The third-order valence-electron chi connectivity index (χ3n) is 4.34. The molecule has 1 aliphatic rings.